The first-order chi connectivity index (χ1) is 7.56. The minimum atomic E-state index is 0.315. The van der Waals surface area contributed by atoms with E-state index in [0.717, 1.165) is 22.0 Å². The van der Waals surface area contributed by atoms with E-state index in [1.54, 1.807) is 0 Å². The number of fused-ring (bicyclic) bond motifs is 1. The molecule has 0 bridgehead atoms. The molecular weight excluding hydrogens is 200 g/mol. The van der Waals surface area contributed by atoms with Crippen LogP contribution in [0.25, 0.3) is 10.9 Å². The molecule has 16 heavy (non-hydrogen) atoms. The highest BCUT2D eigenvalue weighted by Crippen LogP contribution is 2.35. The number of hydrogen-bond donors (Lipinski definition) is 2. The van der Waals surface area contributed by atoms with Crippen LogP contribution in [-0.2, 0) is 13.6 Å². The van der Waals surface area contributed by atoms with Crippen LogP contribution < -0.4 is 5.73 Å². The van der Waals surface area contributed by atoms with Crippen LogP contribution in [0.15, 0.2) is 18.3 Å². The van der Waals surface area contributed by atoms with Gasteiger partial charge in [0, 0.05) is 25.2 Å². The summed E-state index contributed by atoms with van der Waals surface area (Å²) in [7, 11) is 1.97. The molecule has 0 aliphatic carbocycles. The zero-order valence-electron chi connectivity index (χ0n) is 9.99. The van der Waals surface area contributed by atoms with Gasteiger partial charge >= 0.3 is 0 Å². The number of phenolic OH excluding ortho intramolecular Hbond substituents is 1. The summed E-state index contributed by atoms with van der Waals surface area (Å²) in [6, 6.07) is 4.03. The lowest BCUT2D eigenvalue weighted by Crippen LogP contribution is -1.95. The van der Waals surface area contributed by atoms with E-state index in [0.29, 0.717) is 18.2 Å². The molecule has 2 aromatic rings. The molecule has 0 spiro atoms. The fourth-order valence-electron chi connectivity index (χ4n) is 2.20. The van der Waals surface area contributed by atoms with Gasteiger partial charge in [0.1, 0.15) is 5.75 Å². The zero-order chi connectivity index (χ0) is 11.9. The highest BCUT2D eigenvalue weighted by molar-refractivity contribution is 5.91. The Morgan fingerprint density at radius 2 is 2.06 bits per heavy atom. The molecule has 0 aliphatic rings. The van der Waals surface area contributed by atoms with E-state index < -0.39 is 0 Å². The first-order valence-corrected chi connectivity index (χ1v) is 5.56. The Morgan fingerprint density at radius 1 is 1.38 bits per heavy atom. The molecule has 3 nitrogen and oxygen atoms in total. The van der Waals surface area contributed by atoms with Crippen LogP contribution in [0.5, 0.6) is 5.75 Å². The SMILES string of the molecule is CC(C)c1ccc2c(c(CN)cn2C)c1O. The van der Waals surface area contributed by atoms with Crippen molar-refractivity contribution in [1.29, 1.82) is 0 Å². The second kappa shape index (κ2) is 3.83. The Balaban J connectivity index is 2.81. The summed E-state index contributed by atoms with van der Waals surface area (Å²) in [4.78, 5) is 0. The summed E-state index contributed by atoms with van der Waals surface area (Å²) in [6.45, 7) is 4.60. The molecule has 1 aromatic heterocycles. The largest absolute Gasteiger partial charge is 0.507 e. The molecule has 86 valence electrons. The maximum Gasteiger partial charge on any atom is 0.128 e. The fourth-order valence-corrected chi connectivity index (χ4v) is 2.20. The first-order valence-electron chi connectivity index (χ1n) is 5.56. The van der Waals surface area contributed by atoms with Gasteiger partial charge in [-0.2, -0.15) is 0 Å². The molecule has 0 saturated heterocycles. The van der Waals surface area contributed by atoms with Gasteiger partial charge in [0.2, 0.25) is 0 Å². The summed E-state index contributed by atoms with van der Waals surface area (Å²) in [5.41, 5.74) is 8.71. The molecular formula is C13H18N2O. The Bertz CT molecular complexity index is 526. The van der Waals surface area contributed by atoms with Crippen molar-refractivity contribution in [3.63, 3.8) is 0 Å². The van der Waals surface area contributed by atoms with E-state index >= 15 is 0 Å². The van der Waals surface area contributed by atoms with Gasteiger partial charge in [-0.1, -0.05) is 19.9 Å². The van der Waals surface area contributed by atoms with Gasteiger partial charge in [0.15, 0.2) is 0 Å². The number of rotatable bonds is 2. The Hall–Kier alpha value is -1.48. The van der Waals surface area contributed by atoms with Crippen molar-refractivity contribution >= 4 is 10.9 Å². The molecule has 0 amide bonds. The van der Waals surface area contributed by atoms with Crippen molar-refractivity contribution < 1.29 is 5.11 Å². The maximum absolute atomic E-state index is 10.3. The van der Waals surface area contributed by atoms with Gasteiger partial charge in [-0.25, -0.2) is 0 Å². The highest BCUT2D eigenvalue weighted by Gasteiger charge is 2.14. The first kappa shape index (κ1) is 11.0. The molecule has 3 heteroatoms. The van der Waals surface area contributed by atoms with Crippen LogP contribution in [0.2, 0.25) is 0 Å². The Kier molecular flexibility index (Phi) is 2.64. The second-order valence-corrected chi connectivity index (χ2v) is 4.52. The lowest BCUT2D eigenvalue weighted by molar-refractivity contribution is 0.471. The summed E-state index contributed by atoms with van der Waals surface area (Å²) in [6.07, 6.45) is 1.98. The van der Waals surface area contributed by atoms with Gasteiger partial charge in [0.25, 0.3) is 0 Å². The zero-order valence-corrected chi connectivity index (χ0v) is 9.99. The van der Waals surface area contributed by atoms with E-state index in [-0.39, 0.29) is 0 Å². The van der Waals surface area contributed by atoms with E-state index in [1.807, 2.05) is 29.9 Å². The van der Waals surface area contributed by atoms with Crippen LogP contribution in [0.1, 0.15) is 30.9 Å². The van der Waals surface area contributed by atoms with Crippen molar-refractivity contribution in [2.24, 2.45) is 12.8 Å². The number of hydrogen-bond acceptors (Lipinski definition) is 2. The molecule has 3 N–H and O–H groups in total. The summed E-state index contributed by atoms with van der Waals surface area (Å²) in [5, 5.41) is 11.2. The molecule has 0 saturated carbocycles. The van der Waals surface area contributed by atoms with Gasteiger partial charge < -0.3 is 15.4 Å². The molecule has 0 unspecified atom stereocenters. The van der Waals surface area contributed by atoms with Crippen molar-refractivity contribution in [2.45, 2.75) is 26.3 Å². The number of aromatic nitrogens is 1. The van der Waals surface area contributed by atoms with Crippen LogP contribution in [0, 0.1) is 0 Å². The lowest BCUT2D eigenvalue weighted by Gasteiger charge is -2.10. The molecule has 0 atom stereocenters. The Morgan fingerprint density at radius 3 is 2.62 bits per heavy atom. The standard InChI is InChI=1S/C13H18N2O/c1-8(2)10-4-5-11-12(13(10)16)9(6-14)7-15(11)3/h4-5,7-8,16H,6,14H2,1-3H3. The number of nitrogens with zero attached hydrogens (tertiary/aromatic N) is 1. The van der Waals surface area contributed by atoms with Gasteiger partial charge in [-0.05, 0) is 23.1 Å². The predicted octanol–water partition coefficient (Wildman–Crippen LogP) is 2.47. The molecule has 2 rings (SSSR count). The van der Waals surface area contributed by atoms with Crippen molar-refractivity contribution in [1.82, 2.24) is 4.57 Å². The smallest absolute Gasteiger partial charge is 0.128 e. The third-order valence-corrected chi connectivity index (χ3v) is 3.08. The van der Waals surface area contributed by atoms with Crippen molar-refractivity contribution in [3.8, 4) is 5.75 Å². The monoisotopic (exact) mass is 218 g/mol. The fraction of sp³-hybridized carbons (Fsp3) is 0.385. The summed E-state index contributed by atoms with van der Waals surface area (Å²) >= 11 is 0. The highest BCUT2D eigenvalue weighted by atomic mass is 16.3. The van der Waals surface area contributed by atoms with Gasteiger partial charge in [0.05, 0.1) is 5.52 Å². The third-order valence-electron chi connectivity index (χ3n) is 3.08. The molecule has 0 fully saturated rings. The van der Waals surface area contributed by atoms with Gasteiger partial charge in [-0.15, -0.1) is 0 Å². The Labute approximate surface area is 95.5 Å². The van der Waals surface area contributed by atoms with E-state index in [2.05, 4.69) is 13.8 Å². The van der Waals surface area contributed by atoms with Crippen LogP contribution in [-0.4, -0.2) is 9.67 Å². The summed E-state index contributed by atoms with van der Waals surface area (Å²) in [5.74, 6) is 0.698. The van der Waals surface area contributed by atoms with Crippen LogP contribution in [0.3, 0.4) is 0 Å². The number of nitrogens with two attached hydrogens (primary N) is 1. The summed E-state index contributed by atoms with van der Waals surface area (Å²) < 4.78 is 2.00. The molecule has 1 heterocycles. The minimum absolute atomic E-state index is 0.315. The minimum Gasteiger partial charge on any atom is -0.507 e. The lowest BCUT2D eigenvalue weighted by atomic mass is 9.99. The second-order valence-electron chi connectivity index (χ2n) is 4.52. The van der Waals surface area contributed by atoms with Crippen LogP contribution in [0.4, 0.5) is 0 Å². The van der Waals surface area contributed by atoms with Crippen molar-refractivity contribution in [2.75, 3.05) is 0 Å². The number of aromatic hydroxyl groups is 1. The van der Waals surface area contributed by atoms with Crippen LogP contribution >= 0.6 is 0 Å². The van der Waals surface area contributed by atoms with E-state index in [1.165, 1.54) is 0 Å². The number of aryl methyl sites for hydroxylation is 1. The predicted molar refractivity (Wildman–Crippen MR) is 66.6 cm³/mol. The maximum atomic E-state index is 10.3. The normalized spacial score (nSPS) is 11.6. The molecule has 0 radical (unpaired) electrons. The average Bonchev–Trinajstić information content (AvgIpc) is 2.56. The number of benzene rings is 1. The average molecular weight is 218 g/mol. The number of phenols is 1. The van der Waals surface area contributed by atoms with Gasteiger partial charge in [-0.3, -0.25) is 0 Å². The van der Waals surface area contributed by atoms with Crippen molar-refractivity contribution in [3.05, 3.63) is 29.5 Å². The molecule has 1 aromatic carbocycles. The van der Waals surface area contributed by atoms with E-state index in [4.69, 9.17) is 5.73 Å². The topological polar surface area (TPSA) is 51.2 Å². The quantitative estimate of drug-likeness (QED) is 0.813. The third kappa shape index (κ3) is 1.48. The molecule has 0 aliphatic heterocycles. The van der Waals surface area contributed by atoms with E-state index in [9.17, 15) is 5.11 Å².